The highest BCUT2D eigenvalue weighted by Gasteiger charge is 2.44. The standard InChI is InChI=1S/C17H33NO2/c1-5-16(3,4)15(18-6-2)14-7-10-20-17(13-14)8-11-19-12-9-17/h14-15,18H,5-13H2,1-4H3. The first-order valence-electron chi connectivity index (χ1n) is 8.48. The Bertz CT molecular complexity index is 292. The smallest absolute Gasteiger partial charge is 0.0729 e. The highest BCUT2D eigenvalue weighted by molar-refractivity contribution is 4.96. The van der Waals surface area contributed by atoms with Crippen LogP contribution < -0.4 is 5.32 Å². The Hall–Kier alpha value is -0.120. The van der Waals surface area contributed by atoms with Crippen molar-refractivity contribution in [1.29, 1.82) is 0 Å². The topological polar surface area (TPSA) is 30.5 Å². The second-order valence-electron chi connectivity index (χ2n) is 7.27. The van der Waals surface area contributed by atoms with Gasteiger partial charge in [-0.1, -0.05) is 27.7 Å². The lowest BCUT2D eigenvalue weighted by molar-refractivity contribution is -0.153. The van der Waals surface area contributed by atoms with Crippen LogP contribution in [0, 0.1) is 11.3 Å². The summed E-state index contributed by atoms with van der Waals surface area (Å²) in [7, 11) is 0. The van der Waals surface area contributed by atoms with Crippen molar-refractivity contribution >= 4 is 0 Å². The van der Waals surface area contributed by atoms with Crippen molar-refractivity contribution in [3.63, 3.8) is 0 Å². The molecule has 0 bridgehead atoms. The van der Waals surface area contributed by atoms with Gasteiger partial charge in [-0.15, -0.1) is 0 Å². The number of hydrogen-bond donors (Lipinski definition) is 1. The predicted molar refractivity (Wildman–Crippen MR) is 83.0 cm³/mol. The summed E-state index contributed by atoms with van der Waals surface area (Å²) >= 11 is 0. The minimum atomic E-state index is 0.110. The summed E-state index contributed by atoms with van der Waals surface area (Å²) < 4.78 is 11.7. The zero-order valence-corrected chi connectivity index (χ0v) is 13.8. The van der Waals surface area contributed by atoms with Crippen molar-refractivity contribution in [2.75, 3.05) is 26.4 Å². The summed E-state index contributed by atoms with van der Waals surface area (Å²) in [6, 6.07) is 0.598. The molecule has 0 aromatic heterocycles. The molecule has 2 unspecified atom stereocenters. The molecule has 2 heterocycles. The molecule has 2 saturated heterocycles. The predicted octanol–water partition coefficient (Wildman–Crippen LogP) is 3.38. The van der Waals surface area contributed by atoms with Crippen LogP contribution in [-0.4, -0.2) is 38.0 Å². The van der Waals surface area contributed by atoms with Gasteiger partial charge in [0.25, 0.3) is 0 Å². The van der Waals surface area contributed by atoms with E-state index in [9.17, 15) is 0 Å². The van der Waals surface area contributed by atoms with E-state index in [0.29, 0.717) is 11.5 Å². The number of rotatable bonds is 5. The molecular weight excluding hydrogens is 250 g/mol. The van der Waals surface area contributed by atoms with Crippen molar-refractivity contribution in [3.8, 4) is 0 Å². The van der Waals surface area contributed by atoms with Crippen LogP contribution in [0.15, 0.2) is 0 Å². The lowest BCUT2D eigenvalue weighted by atomic mass is 9.69. The monoisotopic (exact) mass is 283 g/mol. The average Bonchev–Trinajstić information content (AvgIpc) is 2.45. The van der Waals surface area contributed by atoms with E-state index in [0.717, 1.165) is 45.1 Å². The van der Waals surface area contributed by atoms with Crippen molar-refractivity contribution in [2.24, 2.45) is 11.3 Å². The number of nitrogens with one attached hydrogen (secondary N) is 1. The van der Waals surface area contributed by atoms with E-state index in [1.807, 2.05) is 0 Å². The minimum Gasteiger partial charge on any atom is -0.381 e. The Kier molecular flexibility index (Phi) is 5.49. The van der Waals surface area contributed by atoms with Gasteiger partial charge < -0.3 is 14.8 Å². The molecule has 3 heteroatoms. The van der Waals surface area contributed by atoms with Crippen LogP contribution in [0.25, 0.3) is 0 Å². The molecule has 2 aliphatic rings. The summed E-state index contributed by atoms with van der Waals surface area (Å²) in [6.45, 7) is 13.1. The molecule has 0 amide bonds. The van der Waals surface area contributed by atoms with Crippen molar-refractivity contribution in [3.05, 3.63) is 0 Å². The maximum absolute atomic E-state index is 6.20. The highest BCUT2D eigenvalue weighted by Crippen LogP contribution is 2.42. The first-order chi connectivity index (χ1) is 9.53. The van der Waals surface area contributed by atoms with Gasteiger partial charge in [-0.25, -0.2) is 0 Å². The summed E-state index contributed by atoms with van der Waals surface area (Å²) in [6.07, 6.45) is 5.78. The maximum Gasteiger partial charge on any atom is 0.0729 e. The van der Waals surface area contributed by atoms with Crippen LogP contribution >= 0.6 is 0 Å². The Balaban J connectivity index is 2.08. The zero-order chi connectivity index (χ0) is 14.6. The Labute approximate surface area is 124 Å². The molecule has 1 N–H and O–H groups in total. The first-order valence-corrected chi connectivity index (χ1v) is 8.48. The van der Waals surface area contributed by atoms with Gasteiger partial charge in [0, 0.05) is 25.9 Å². The van der Waals surface area contributed by atoms with E-state index in [1.165, 1.54) is 19.3 Å². The van der Waals surface area contributed by atoms with Gasteiger partial charge in [0.15, 0.2) is 0 Å². The third kappa shape index (κ3) is 3.55. The Morgan fingerprint density at radius 1 is 1.20 bits per heavy atom. The summed E-state index contributed by atoms with van der Waals surface area (Å²) in [5.41, 5.74) is 0.461. The van der Waals surface area contributed by atoms with Crippen LogP contribution in [-0.2, 0) is 9.47 Å². The normalized spacial score (nSPS) is 28.5. The van der Waals surface area contributed by atoms with Gasteiger partial charge in [-0.2, -0.15) is 0 Å². The molecular formula is C17H33NO2. The molecule has 2 rings (SSSR count). The van der Waals surface area contributed by atoms with Gasteiger partial charge >= 0.3 is 0 Å². The molecule has 0 aromatic rings. The second kappa shape index (κ2) is 6.76. The van der Waals surface area contributed by atoms with E-state index in [1.54, 1.807) is 0 Å². The van der Waals surface area contributed by atoms with E-state index in [2.05, 4.69) is 33.0 Å². The maximum atomic E-state index is 6.20. The number of hydrogen-bond acceptors (Lipinski definition) is 3. The molecule has 2 atom stereocenters. The average molecular weight is 283 g/mol. The van der Waals surface area contributed by atoms with Crippen LogP contribution in [0.3, 0.4) is 0 Å². The van der Waals surface area contributed by atoms with Crippen LogP contribution in [0.2, 0.25) is 0 Å². The third-order valence-electron chi connectivity index (χ3n) is 5.58. The molecule has 2 fully saturated rings. The van der Waals surface area contributed by atoms with Gasteiger partial charge in [0.2, 0.25) is 0 Å². The fourth-order valence-corrected chi connectivity index (χ4v) is 3.96. The molecule has 0 aromatic carbocycles. The fraction of sp³-hybridized carbons (Fsp3) is 1.00. The quantitative estimate of drug-likeness (QED) is 0.839. The van der Waals surface area contributed by atoms with E-state index in [4.69, 9.17) is 9.47 Å². The zero-order valence-electron chi connectivity index (χ0n) is 13.8. The van der Waals surface area contributed by atoms with Crippen molar-refractivity contribution in [2.45, 2.75) is 71.4 Å². The molecule has 1 spiro atoms. The molecule has 2 aliphatic heterocycles. The molecule has 118 valence electrons. The Morgan fingerprint density at radius 2 is 1.90 bits per heavy atom. The molecule has 20 heavy (non-hydrogen) atoms. The van der Waals surface area contributed by atoms with Gasteiger partial charge in [-0.05, 0) is 50.0 Å². The Morgan fingerprint density at radius 3 is 2.50 bits per heavy atom. The van der Waals surface area contributed by atoms with E-state index >= 15 is 0 Å². The molecule has 0 aliphatic carbocycles. The molecule has 0 saturated carbocycles. The van der Waals surface area contributed by atoms with Crippen LogP contribution in [0.5, 0.6) is 0 Å². The minimum absolute atomic E-state index is 0.110. The van der Waals surface area contributed by atoms with Gasteiger partial charge in [-0.3, -0.25) is 0 Å². The van der Waals surface area contributed by atoms with Crippen molar-refractivity contribution in [1.82, 2.24) is 5.32 Å². The summed E-state index contributed by atoms with van der Waals surface area (Å²) in [5.74, 6) is 0.733. The summed E-state index contributed by atoms with van der Waals surface area (Å²) in [4.78, 5) is 0. The largest absolute Gasteiger partial charge is 0.381 e. The van der Waals surface area contributed by atoms with Crippen LogP contribution in [0.4, 0.5) is 0 Å². The van der Waals surface area contributed by atoms with Crippen molar-refractivity contribution < 1.29 is 9.47 Å². The molecule has 3 nitrogen and oxygen atoms in total. The van der Waals surface area contributed by atoms with Gasteiger partial charge in [0.1, 0.15) is 0 Å². The highest BCUT2D eigenvalue weighted by atomic mass is 16.5. The van der Waals surface area contributed by atoms with E-state index in [-0.39, 0.29) is 5.60 Å². The van der Waals surface area contributed by atoms with E-state index < -0.39 is 0 Å². The summed E-state index contributed by atoms with van der Waals surface area (Å²) in [5, 5.41) is 3.78. The van der Waals surface area contributed by atoms with Gasteiger partial charge in [0.05, 0.1) is 5.60 Å². The lowest BCUT2D eigenvalue weighted by Crippen LogP contribution is -2.53. The van der Waals surface area contributed by atoms with Crippen LogP contribution in [0.1, 0.15) is 59.8 Å². The SMILES string of the molecule is CCNC(C1CCOC2(CCOCC2)C1)C(C)(C)CC. The molecule has 0 radical (unpaired) electrons. The third-order valence-corrected chi connectivity index (χ3v) is 5.58. The first kappa shape index (κ1) is 16.3. The number of ether oxygens (including phenoxy) is 2. The lowest BCUT2D eigenvalue weighted by Gasteiger charge is -2.48. The fourth-order valence-electron chi connectivity index (χ4n) is 3.96. The second-order valence-corrected chi connectivity index (χ2v) is 7.27.